The van der Waals surface area contributed by atoms with Gasteiger partial charge in [-0.05, 0) is 31.2 Å². The molecule has 3 heteroatoms. The number of H-pyrrole nitrogens is 1. The van der Waals surface area contributed by atoms with E-state index in [-0.39, 0.29) is 5.41 Å². The summed E-state index contributed by atoms with van der Waals surface area (Å²) in [6, 6.07) is 1.93. The van der Waals surface area contributed by atoms with Gasteiger partial charge in [0.05, 0.1) is 0 Å². The van der Waals surface area contributed by atoms with Crippen LogP contribution in [0.4, 0.5) is 0 Å². The molecule has 3 rings (SSSR count). The van der Waals surface area contributed by atoms with E-state index >= 15 is 0 Å². The van der Waals surface area contributed by atoms with E-state index in [1.54, 1.807) is 12.4 Å². The summed E-state index contributed by atoms with van der Waals surface area (Å²) in [5.41, 5.74) is 1.69. The number of carbonyl (C=O) groups excluding carboxylic acids is 1. The molecular formula is C17H22N2O. The summed E-state index contributed by atoms with van der Waals surface area (Å²) in [4.78, 5) is 20.5. The van der Waals surface area contributed by atoms with Crippen LogP contribution in [0.2, 0.25) is 0 Å². The van der Waals surface area contributed by atoms with Gasteiger partial charge in [0, 0.05) is 40.5 Å². The number of ketones is 1. The SMILES string of the molecule is CC(C)CC1(C(=O)c2c[nH]c3ccncc23)CCCC1. The minimum absolute atomic E-state index is 0.140. The Morgan fingerprint density at radius 2 is 2.15 bits per heavy atom. The first kappa shape index (κ1) is 13.3. The topological polar surface area (TPSA) is 45.8 Å². The van der Waals surface area contributed by atoms with Crippen molar-refractivity contribution in [2.24, 2.45) is 11.3 Å². The molecule has 2 heterocycles. The Morgan fingerprint density at radius 1 is 1.40 bits per heavy atom. The lowest BCUT2D eigenvalue weighted by Crippen LogP contribution is -2.29. The molecule has 1 aliphatic carbocycles. The Balaban J connectivity index is 2.01. The molecule has 1 saturated carbocycles. The molecule has 20 heavy (non-hydrogen) atoms. The normalized spacial score (nSPS) is 17.9. The maximum absolute atomic E-state index is 13.1. The van der Waals surface area contributed by atoms with Crippen molar-refractivity contribution < 1.29 is 4.79 Å². The molecule has 0 atom stereocenters. The second-order valence-electron chi connectivity index (χ2n) is 6.54. The highest BCUT2D eigenvalue weighted by molar-refractivity contribution is 6.10. The molecule has 0 radical (unpaired) electrons. The summed E-state index contributed by atoms with van der Waals surface area (Å²) in [5.74, 6) is 0.878. The number of rotatable bonds is 4. The molecule has 1 aliphatic rings. The van der Waals surface area contributed by atoms with E-state index in [0.29, 0.717) is 11.7 Å². The fraction of sp³-hybridized carbons (Fsp3) is 0.529. The first-order valence-corrected chi connectivity index (χ1v) is 7.58. The maximum Gasteiger partial charge on any atom is 0.171 e. The number of nitrogens with zero attached hydrogens (tertiary/aromatic N) is 1. The zero-order valence-electron chi connectivity index (χ0n) is 12.3. The van der Waals surface area contributed by atoms with Crippen LogP contribution in [0.15, 0.2) is 24.7 Å². The lowest BCUT2D eigenvalue weighted by Gasteiger charge is -2.29. The quantitative estimate of drug-likeness (QED) is 0.839. The van der Waals surface area contributed by atoms with Gasteiger partial charge in [-0.15, -0.1) is 0 Å². The van der Waals surface area contributed by atoms with Crippen LogP contribution >= 0.6 is 0 Å². The van der Waals surface area contributed by atoms with Crippen molar-refractivity contribution in [3.8, 4) is 0 Å². The highest BCUT2D eigenvalue weighted by Crippen LogP contribution is 2.46. The van der Waals surface area contributed by atoms with Gasteiger partial charge in [0.1, 0.15) is 0 Å². The van der Waals surface area contributed by atoms with Gasteiger partial charge >= 0.3 is 0 Å². The molecule has 2 aromatic rings. The summed E-state index contributed by atoms with van der Waals surface area (Å²) in [5, 5.41) is 0.965. The average molecular weight is 270 g/mol. The highest BCUT2D eigenvalue weighted by Gasteiger charge is 2.42. The molecule has 1 N–H and O–H groups in total. The van der Waals surface area contributed by atoms with E-state index < -0.39 is 0 Å². The van der Waals surface area contributed by atoms with Gasteiger partial charge in [0.15, 0.2) is 5.78 Å². The average Bonchev–Trinajstić information content (AvgIpc) is 3.04. The monoisotopic (exact) mass is 270 g/mol. The fourth-order valence-electron chi connectivity index (χ4n) is 3.79. The lowest BCUT2D eigenvalue weighted by atomic mass is 9.73. The summed E-state index contributed by atoms with van der Waals surface area (Å²) < 4.78 is 0. The van der Waals surface area contributed by atoms with Gasteiger partial charge < -0.3 is 4.98 Å². The second kappa shape index (κ2) is 5.04. The first-order chi connectivity index (χ1) is 9.62. The van der Waals surface area contributed by atoms with Crippen LogP contribution in [0.25, 0.3) is 10.9 Å². The highest BCUT2D eigenvalue weighted by atomic mass is 16.1. The Hall–Kier alpha value is -1.64. The Bertz CT molecular complexity index is 621. The van der Waals surface area contributed by atoms with E-state index in [1.807, 2.05) is 12.3 Å². The number of aromatic nitrogens is 2. The van der Waals surface area contributed by atoms with Gasteiger partial charge in [-0.3, -0.25) is 9.78 Å². The number of nitrogens with one attached hydrogen (secondary N) is 1. The zero-order valence-corrected chi connectivity index (χ0v) is 12.3. The van der Waals surface area contributed by atoms with Crippen LogP contribution < -0.4 is 0 Å². The first-order valence-electron chi connectivity index (χ1n) is 7.58. The smallest absolute Gasteiger partial charge is 0.171 e. The molecule has 0 spiro atoms. The van der Waals surface area contributed by atoms with E-state index in [1.165, 1.54) is 12.8 Å². The Labute approximate surface area is 119 Å². The predicted molar refractivity (Wildman–Crippen MR) is 80.8 cm³/mol. The second-order valence-corrected chi connectivity index (χ2v) is 6.54. The lowest BCUT2D eigenvalue weighted by molar-refractivity contribution is 0.0762. The van der Waals surface area contributed by atoms with E-state index in [4.69, 9.17) is 0 Å². The predicted octanol–water partition coefficient (Wildman–Crippen LogP) is 4.35. The molecule has 0 amide bonds. The molecule has 2 aromatic heterocycles. The van der Waals surface area contributed by atoms with E-state index in [9.17, 15) is 4.79 Å². The summed E-state index contributed by atoms with van der Waals surface area (Å²) in [7, 11) is 0. The van der Waals surface area contributed by atoms with Crippen LogP contribution in [-0.4, -0.2) is 15.8 Å². The van der Waals surface area contributed by atoms with Crippen molar-refractivity contribution in [2.45, 2.75) is 46.0 Å². The molecule has 1 fully saturated rings. The number of Topliss-reactive ketones (excluding diaryl/α,β-unsaturated/α-hetero) is 1. The van der Waals surface area contributed by atoms with E-state index in [2.05, 4.69) is 23.8 Å². The van der Waals surface area contributed by atoms with Crippen molar-refractivity contribution in [3.05, 3.63) is 30.2 Å². The van der Waals surface area contributed by atoms with Crippen molar-refractivity contribution in [1.82, 2.24) is 9.97 Å². The molecule has 0 saturated heterocycles. The third kappa shape index (κ3) is 2.15. The van der Waals surface area contributed by atoms with Crippen molar-refractivity contribution in [1.29, 1.82) is 0 Å². The minimum Gasteiger partial charge on any atom is -0.360 e. The number of fused-ring (bicyclic) bond motifs is 1. The minimum atomic E-state index is -0.140. The van der Waals surface area contributed by atoms with Gasteiger partial charge in [0.2, 0.25) is 0 Å². The maximum atomic E-state index is 13.1. The van der Waals surface area contributed by atoms with E-state index in [0.717, 1.165) is 35.7 Å². The number of pyridine rings is 1. The van der Waals surface area contributed by atoms with Crippen molar-refractivity contribution >= 4 is 16.7 Å². The number of carbonyl (C=O) groups is 1. The van der Waals surface area contributed by atoms with Crippen molar-refractivity contribution in [3.63, 3.8) is 0 Å². The van der Waals surface area contributed by atoms with Crippen LogP contribution in [0, 0.1) is 11.3 Å². The molecule has 0 bridgehead atoms. The van der Waals surface area contributed by atoms with Crippen molar-refractivity contribution in [2.75, 3.05) is 0 Å². The van der Waals surface area contributed by atoms with Crippen LogP contribution in [0.5, 0.6) is 0 Å². The van der Waals surface area contributed by atoms with Gasteiger partial charge in [-0.1, -0.05) is 26.7 Å². The zero-order chi connectivity index (χ0) is 14.2. The summed E-state index contributed by atoms with van der Waals surface area (Å²) in [6.07, 6.45) is 10.9. The van der Waals surface area contributed by atoms with Crippen LogP contribution in [0.1, 0.15) is 56.3 Å². The summed E-state index contributed by atoms with van der Waals surface area (Å²) >= 11 is 0. The van der Waals surface area contributed by atoms with Crippen LogP contribution in [-0.2, 0) is 0 Å². The molecular weight excluding hydrogens is 248 g/mol. The van der Waals surface area contributed by atoms with Gasteiger partial charge in [-0.2, -0.15) is 0 Å². The molecule has 0 aliphatic heterocycles. The summed E-state index contributed by atoms with van der Waals surface area (Å²) in [6.45, 7) is 4.42. The van der Waals surface area contributed by atoms with Crippen LogP contribution in [0.3, 0.4) is 0 Å². The third-order valence-corrected chi connectivity index (χ3v) is 4.57. The van der Waals surface area contributed by atoms with Gasteiger partial charge in [-0.25, -0.2) is 0 Å². The largest absolute Gasteiger partial charge is 0.360 e. The van der Waals surface area contributed by atoms with Gasteiger partial charge in [0.25, 0.3) is 0 Å². The molecule has 3 nitrogen and oxygen atoms in total. The number of hydrogen-bond donors (Lipinski definition) is 1. The third-order valence-electron chi connectivity index (χ3n) is 4.57. The molecule has 106 valence electrons. The fourth-order valence-corrected chi connectivity index (χ4v) is 3.79. The Morgan fingerprint density at radius 3 is 2.85 bits per heavy atom. The standard InChI is InChI=1S/C17H22N2O/c1-12(2)9-17(6-3-4-7-17)16(20)14-11-19-15-5-8-18-10-13(14)15/h5,8,10-12,19H,3-4,6-7,9H2,1-2H3. The molecule has 0 aromatic carbocycles. The molecule has 0 unspecified atom stereocenters. The number of hydrogen-bond acceptors (Lipinski definition) is 2. The number of aromatic amines is 1. The Kier molecular flexibility index (Phi) is 3.36.